The summed E-state index contributed by atoms with van der Waals surface area (Å²) in [5.74, 6) is 0.417. The predicted molar refractivity (Wildman–Crippen MR) is 296 cm³/mol. The maximum atomic E-state index is 13.2. The van der Waals surface area contributed by atoms with Gasteiger partial charge in [-0.05, 0) is 70.9 Å². The third kappa shape index (κ3) is 44.5. The van der Waals surface area contributed by atoms with Gasteiger partial charge in [0.2, 0.25) is 12.3 Å². The van der Waals surface area contributed by atoms with Crippen molar-refractivity contribution >= 4 is 12.3 Å². The van der Waals surface area contributed by atoms with Crippen molar-refractivity contribution in [3.8, 4) is 0 Å². The fourth-order valence-corrected chi connectivity index (χ4v) is 10.1. The second-order valence-electron chi connectivity index (χ2n) is 21.5. The number of nitrogens with zero attached hydrogens (tertiary/aromatic N) is 3. The molecule has 0 saturated heterocycles. The van der Waals surface area contributed by atoms with E-state index in [1.807, 2.05) is 4.90 Å². The van der Waals surface area contributed by atoms with E-state index in [0.717, 1.165) is 64.9 Å². The molecule has 0 aromatic carbocycles. The molecule has 67 heavy (non-hydrogen) atoms. The van der Waals surface area contributed by atoms with Crippen molar-refractivity contribution in [3.63, 3.8) is 0 Å². The number of unbranched alkanes of at least 4 members (excludes halogenated alkanes) is 37. The van der Waals surface area contributed by atoms with Gasteiger partial charge in [0.15, 0.2) is 0 Å². The molecular weight excluding hydrogens is 823 g/mol. The molecule has 400 valence electrons. The van der Waals surface area contributed by atoms with Crippen molar-refractivity contribution in [1.82, 2.24) is 14.7 Å². The Bertz CT molecular complexity index is 939. The Hall–Kier alpha value is -1.14. The fraction of sp³-hybridized carbons (Fsp3) is 0.967. The van der Waals surface area contributed by atoms with Gasteiger partial charge in [0.1, 0.15) is 0 Å². The van der Waals surface area contributed by atoms with E-state index in [1.54, 1.807) is 0 Å². The summed E-state index contributed by atoms with van der Waals surface area (Å²) < 4.78 is 0. The monoisotopic (exact) mass is 946 g/mol. The number of hydrogen-bond acceptors (Lipinski definition) is 4. The Kier molecular flexibility index (Phi) is 53.3. The van der Waals surface area contributed by atoms with Crippen LogP contribution in [-0.2, 0) is 9.59 Å². The van der Waals surface area contributed by atoms with Crippen LogP contribution in [0.1, 0.15) is 330 Å². The third-order valence-electron chi connectivity index (χ3n) is 15.0. The van der Waals surface area contributed by atoms with Crippen LogP contribution in [0.2, 0.25) is 0 Å². The molecule has 1 fully saturated rings. The first-order valence-electron chi connectivity index (χ1n) is 30.9. The number of rotatable bonds is 53. The van der Waals surface area contributed by atoms with Crippen LogP contribution in [0.3, 0.4) is 0 Å². The van der Waals surface area contributed by atoms with Crippen molar-refractivity contribution in [2.45, 2.75) is 342 Å². The van der Waals surface area contributed by atoms with Crippen LogP contribution in [0, 0.1) is 0 Å². The number of aliphatic hydroxyl groups is 1. The number of carbonyl (C=O) groups excluding carboxylic acids is 2. The lowest BCUT2D eigenvalue weighted by Crippen LogP contribution is -2.51. The second kappa shape index (κ2) is 54.2. The maximum Gasteiger partial charge on any atom is 0.222 e. The van der Waals surface area contributed by atoms with E-state index in [1.165, 1.54) is 276 Å². The number of amides is 2. The van der Waals surface area contributed by atoms with Gasteiger partial charge in [-0.2, -0.15) is 0 Å². The van der Waals surface area contributed by atoms with E-state index in [4.69, 9.17) is 0 Å². The molecule has 0 aromatic heterocycles. The Morgan fingerprint density at radius 2 is 0.642 bits per heavy atom. The zero-order chi connectivity index (χ0) is 48.9. The molecule has 2 atom stereocenters. The zero-order valence-corrected chi connectivity index (χ0v) is 46.6. The summed E-state index contributed by atoms with van der Waals surface area (Å²) in [6.45, 7) is 17.6. The molecule has 0 aromatic rings. The summed E-state index contributed by atoms with van der Waals surface area (Å²) in [6, 6.07) is 0.413. The van der Waals surface area contributed by atoms with Gasteiger partial charge >= 0.3 is 0 Å². The van der Waals surface area contributed by atoms with Crippen LogP contribution in [0.4, 0.5) is 0 Å². The van der Waals surface area contributed by atoms with E-state index in [2.05, 4.69) is 44.4 Å². The van der Waals surface area contributed by atoms with Crippen LogP contribution < -0.4 is 0 Å². The molecule has 0 heterocycles. The normalized spacial score (nSPS) is 14.6. The van der Waals surface area contributed by atoms with Gasteiger partial charge in [-0.25, -0.2) is 0 Å². The van der Waals surface area contributed by atoms with Gasteiger partial charge in [0.25, 0.3) is 0 Å². The van der Waals surface area contributed by atoms with E-state index in [-0.39, 0.29) is 6.10 Å². The first-order valence-corrected chi connectivity index (χ1v) is 30.9. The van der Waals surface area contributed by atoms with Gasteiger partial charge in [0, 0.05) is 38.6 Å². The SMILES string of the molecule is CCCCCCCCCCN(C=O)CCCCCCCCCC.CCCCCCCCCCN(CCCCCCCCCC)C(=O)CCCCCCCN(CCCCCCCC)C1CCC1O. The van der Waals surface area contributed by atoms with E-state index >= 15 is 0 Å². The Morgan fingerprint density at radius 1 is 0.373 bits per heavy atom. The molecule has 0 spiro atoms. The molecule has 2 unspecified atom stereocenters. The number of carbonyl (C=O) groups is 2. The van der Waals surface area contributed by atoms with Crippen molar-refractivity contribution in [2.75, 3.05) is 39.3 Å². The van der Waals surface area contributed by atoms with Gasteiger partial charge in [0.05, 0.1) is 6.10 Å². The average molecular weight is 947 g/mol. The van der Waals surface area contributed by atoms with Crippen LogP contribution >= 0.6 is 0 Å². The Balaban J connectivity index is 0.00000159. The van der Waals surface area contributed by atoms with Crippen molar-refractivity contribution in [1.29, 1.82) is 0 Å². The molecule has 1 rings (SSSR count). The van der Waals surface area contributed by atoms with Crippen LogP contribution in [0.25, 0.3) is 0 Å². The van der Waals surface area contributed by atoms with Gasteiger partial charge in [-0.3, -0.25) is 14.5 Å². The lowest BCUT2D eigenvalue weighted by atomic mass is 9.87. The summed E-state index contributed by atoms with van der Waals surface area (Å²) >= 11 is 0. The topological polar surface area (TPSA) is 64.1 Å². The van der Waals surface area contributed by atoms with E-state index < -0.39 is 0 Å². The van der Waals surface area contributed by atoms with Crippen LogP contribution in [0.15, 0.2) is 0 Å². The quantitative estimate of drug-likeness (QED) is 0.0487. The van der Waals surface area contributed by atoms with Crippen LogP contribution in [-0.4, -0.2) is 83.5 Å². The summed E-state index contributed by atoms with van der Waals surface area (Å²) in [7, 11) is 0. The molecular formula is C61H123N3O3. The highest BCUT2D eigenvalue weighted by Crippen LogP contribution is 2.27. The van der Waals surface area contributed by atoms with Gasteiger partial charge < -0.3 is 14.9 Å². The van der Waals surface area contributed by atoms with Crippen LogP contribution in [0.5, 0.6) is 0 Å². The summed E-state index contributed by atoms with van der Waals surface area (Å²) in [5.41, 5.74) is 0. The average Bonchev–Trinajstić information content (AvgIpc) is 3.33. The minimum atomic E-state index is -0.0966. The molecule has 0 bridgehead atoms. The number of hydrogen-bond donors (Lipinski definition) is 1. The first kappa shape index (κ1) is 65.9. The second-order valence-corrected chi connectivity index (χ2v) is 21.5. The molecule has 6 nitrogen and oxygen atoms in total. The maximum absolute atomic E-state index is 13.2. The zero-order valence-electron chi connectivity index (χ0n) is 46.6. The molecule has 1 N–H and O–H groups in total. The minimum absolute atomic E-state index is 0.0966. The Morgan fingerprint density at radius 3 is 0.910 bits per heavy atom. The highest BCUT2D eigenvalue weighted by Gasteiger charge is 2.33. The van der Waals surface area contributed by atoms with E-state index in [0.29, 0.717) is 11.9 Å². The summed E-state index contributed by atoms with van der Waals surface area (Å²) in [5, 5.41) is 10.3. The molecule has 0 radical (unpaired) electrons. The lowest BCUT2D eigenvalue weighted by Gasteiger charge is -2.42. The molecule has 6 heteroatoms. The molecule has 1 aliphatic carbocycles. The van der Waals surface area contributed by atoms with Crippen molar-refractivity contribution in [3.05, 3.63) is 0 Å². The smallest absolute Gasteiger partial charge is 0.222 e. The van der Waals surface area contributed by atoms with Crippen molar-refractivity contribution in [2.24, 2.45) is 0 Å². The predicted octanol–water partition coefficient (Wildman–Crippen LogP) is 18.3. The highest BCUT2D eigenvalue weighted by molar-refractivity contribution is 5.76. The Labute approximate surface area is 421 Å². The van der Waals surface area contributed by atoms with Gasteiger partial charge in [-0.1, -0.05) is 266 Å². The first-order chi connectivity index (χ1) is 33.0. The summed E-state index contributed by atoms with van der Waals surface area (Å²) in [4.78, 5) is 31.2. The van der Waals surface area contributed by atoms with Gasteiger partial charge in [-0.15, -0.1) is 0 Å². The molecule has 2 amide bonds. The standard InChI is InChI=1S/C40H80N2O2.C21H43NO/c1-4-7-10-13-16-18-23-29-36-42(37-30-24-19-17-14-11-8-5-2)40(44)31-26-21-20-25-28-35-41(38-32-33-39(38)43)34-27-22-15-12-9-6-3;1-3-5-7-9-11-13-15-17-19-22(21-23)20-18-16-14-12-10-8-6-4-2/h38-39,43H,4-37H2,1-3H3;21H,3-20H2,1-2H3. The summed E-state index contributed by atoms with van der Waals surface area (Å²) in [6.07, 6.45) is 60.5. The molecule has 1 aliphatic rings. The number of aliphatic hydroxyl groups excluding tert-OH is 1. The fourth-order valence-electron chi connectivity index (χ4n) is 10.1. The molecule has 1 saturated carbocycles. The third-order valence-corrected chi connectivity index (χ3v) is 15.0. The minimum Gasteiger partial charge on any atom is -0.391 e. The van der Waals surface area contributed by atoms with E-state index in [9.17, 15) is 14.7 Å². The largest absolute Gasteiger partial charge is 0.391 e. The highest BCUT2D eigenvalue weighted by atomic mass is 16.3. The lowest BCUT2D eigenvalue weighted by molar-refractivity contribution is -0.131. The molecule has 0 aliphatic heterocycles. The van der Waals surface area contributed by atoms with Crippen molar-refractivity contribution < 1.29 is 14.7 Å².